The Morgan fingerprint density at radius 3 is 2.38 bits per heavy atom. The number of fused-ring (bicyclic) bond motifs is 1. The molecule has 29 heavy (non-hydrogen) atoms. The van der Waals surface area contributed by atoms with Gasteiger partial charge in [-0.2, -0.15) is 5.10 Å². The second kappa shape index (κ2) is 7.98. The van der Waals surface area contributed by atoms with Gasteiger partial charge in [-0.25, -0.2) is 0 Å². The van der Waals surface area contributed by atoms with Crippen molar-refractivity contribution in [1.82, 2.24) is 9.78 Å². The molecule has 0 saturated heterocycles. The lowest BCUT2D eigenvalue weighted by Gasteiger charge is -2.13. The third-order valence-corrected chi connectivity index (χ3v) is 4.70. The van der Waals surface area contributed by atoms with Crippen molar-refractivity contribution in [2.45, 2.75) is 13.0 Å². The van der Waals surface area contributed by atoms with Gasteiger partial charge in [0.25, 0.3) is 5.91 Å². The first kappa shape index (κ1) is 18.4. The van der Waals surface area contributed by atoms with Crippen molar-refractivity contribution >= 4 is 34.0 Å². The molecule has 3 aromatic carbocycles. The van der Waals surface area contributed by atoms with Gasteiger partial charge in [0.05, 0.1) is 0 Å². The van der Waals surface area contributed by atoms with E-state index in [9.17, 15) is 9.59 Å². The third kappa shape index (κ3) is 4.16. The molecule has 2 N–H and O–H groups in total. The van der Waals surface area contributed by atoms with Crippen LogP contribution in [0.3, 0.4) is 0 Å². The van der Waals surface area contributed by atoms with Crippen LogP contribution in [0.25, 0.3) is 10.8 Å². The average Bonchev–Trinajstić information content (AvgIpc) is 3.28. The van der Waals surface area contributed by atoms with Crippen molar-refractivity contribution in [3.05, 3.63) is 90.8 Å². The fourth-order valence-electron chi connectivity index (χ4n) is 3.09. The second-order valence-corrected chi connectivity index (χ2v) is 6.75. The monoisotopic (exact) mass is 384 g/mol. The molecule has 1 heterocycles. The summed E-state index contributed by atoms with van der Waals surface area (Å²) in [7, 11) is 0. The Morgan fingerprint density at radius 1 is 0.862 bits per heavy atom. The number of rotatable bonds is 5. The lowest BCUT2D eigenvalue weighted by Crippen LogP contribution is -2.24. The van der Waals surface area contributed by atoms with Crippen LogP contribution in [-0.4, -0.2) is 21.6 Å². The second-order valence-electron chi connectivity index (χ2n) is 6.75. The summed E-state index contributed by atoms with van der Waals surface area (Å²) in [5.74, 6) is -0.393. The lowest BCUT2D eigenvalue weighted by molar-refractivity contribution is -0.119. The molecule has 144 valence electrons. The van der Waals surface area contributed by atoms with E-state index < -0.39 is 6.04 Å². The maximum absolute atomic E-state index is 12.6. The molecule has 1 aromatic heterocycles. The van der Waals surface area contributed by atoms with E-state index in [4.69, 9.17) is 0 Å². The lowest BCUT2D eigenvalue weighted by atomic mass is 10.1. The minimum Gasteiger partial charge on any atom is -0.324 e. The number of nitrogens with zero attached hydrogens (tertiary/aromatic N) is 2. The van der Waals surface area contributed by atoms with Gasteiger partial charge in [-0.3, -0.25) is 14.3 Å². The highest BCUT2D eigenvalue weighted by molar-refractivity contribution is 6.06. The Bertz CT molecular complexity index is 1170. The summed E-state index contributed by atoms with van der Waals surface area (Å²) >= 11 is 0. The normalized spacial score (nSPS) is 11.8. The van der Waals surface area contributed by atoms with Crippen LogP contribution in [-0.2, 0) is 4.79 Å². The number of aromatic nitrogens is 2. The molecular formula is C23H20N4O2. The maximum atomic E-state index is 12.6. The Hall–Kier alpha value is -3.93. The summed E-state index contributed by atoms with van der Waals surface area (Å²) in [5.41, 5.74) is 1.78. The summed E-state index contributed by atoms with van der Waals surface area (Å²) in [6.45, 7) is 1.77. The molecule has 0 aliphatic carbocycles. The van der Waals surface area contributed by atoms with Gasteiger partial charge < -0.3 is 10.6 Å². The molecule has 0 aliphatic rings. The van der Waals surface area contributed by atoms with Crippen molar-refractivity contribution in [3.8, 4) is 0 Å². The standard InChI is InChI=1S/C23H20N4O2/c1-16(27-13-5-12-24-27)22(28)25-20-8-4-9-21(15-20)26-23(29)19-11-10-17-6-2-3-7-18(17)14-19/h2-16H,1H3,(H,25,28)(H,26,29). The van der Waals surface area contributed by atoms with Crippen LogP contribution in [0.4, 0.5) is 11.4 Å². The topological polar surface area (TPSA) is 76.0 Å². The van der Waals surface area contributed by atoms with Crippen LogP contribution in [0.2, 0.25) is 0 Å². The molecule has 2 amide bonds. The van der Waals surface area contributed by atoms with E-state index in [-0.39, 0.29) is 11.8 Å². The first-order valence-electron chi connectivity index (χ1n) is 9.30. The molecule has 1 atom stereocenters. The number of benzene rings is 3. The van der Waals surface area contributed by atoms with Crippen LogP contribution in [0.15, 0.2) is 85.2 Å². The Kier molecular flexibility index (Phi) is 5.07. The third-order valence-electron chi connectivity index (χ3n) is 4.70. The van der Waals surface area contributed by atoms with Gasteiger partial charge in [0.15, 0.2) is 0 Å². The molecule has 0 bridgehead atoms. The predicted molar refractivity (Wildman–Crippen MR) is 114 cm³/mol. The zero-order chi connectivity index (χ0) is 20.2. The number of anilines is 2. The summed E-state index contributed by atoms with van der Waals surface area (Å²) in [6.07, 6.45) is 3.37. The molecule has 0 radical (unpaired) electrons. The van der Waals surface area contributed by atoms with Gasteiger partial charge in [-0.05, 0) is 54.1 Å². The van der Waals surface area contributed by atoms with Crippen molar-refractivity contribution in [2.24, 2.45) is 0 Å². The Labute approximate surface area is 168 Å². The number of nitrogens with one attached hydrogen (secondary N) is 2. The fourth-order valence-corrected chi connectivity index (χ4v) is 3.09. The van der Waals surface area contributed by atoms with Gasteiger partial charge in [0.2, 0.25) is 5.91 Å². The van der Waals surface area contributed by atoms with Crippen LogP contribution >= 0.6 is 0 Å². The molecular weight excluding hydrogens is 364 g/mol. The van der Waals surface area contributed by atoms with Gasteiger partial charge >= 0.3 is 0 Å². The van der Waals surface area contributed by atoms with Crippen LogP contribution < -0.4 is 10.6 Å². The summed E-state index contributed by atoms with van der Waals surface area (Å²) < 4.78 is 1.58. The predicted octanol–water partition coefficient (Wildman–Crippen LogP) is 4.49. The maximum Gasteiger partial charge on any atom is 0.255 e. The highest BCUT2D eigenvalue weighted by Gasteiger charge is 2.15. The number of hydrogen-bond donors (Lipinski definition) is 2. The largest absolute Gasteiger partial charge is 0.324 e. The molecule has 4 aromatic rings. The summed E-state index contributed by atoms with van der Waals surface area (Å²) in [6, 6.07) is 21.9. The molecule has 0 fully saturated rings. The number of amides is 2. The van der Waals surface area contributed by atoms with E-state index in [1.54, 1.807) is 60.4 Å². The quantitative estimate of drug-likeness (QED) is 0.532. The smallest absolute Gasteiger partial charge is 0.255 e. The summed E-state index contributed by atoms with van der Waals surface area (Å²) in [4.78, 5) is 25.1. The highest BCUT2D eigenvalue weighted by Crippen LogP contribution is 2.20. The van der Waals surface area contributed by atoms with E-state index >= 15 is 0 Å². The first-order valence-corrected chi connectivity index (χ1v) is 9.30. The van der Waals surface area contributed by atoms with Crippen molar-refractivity contribution in [1.29, 1.82) is 0 Å². The van der Waals surface area contributed by atoms with Gasteiger partial charge in [0.1, 0.15) is 6.04 Å². The molecule has 1 unspecified atom stereocenters. The zero-order valence-corrected chi connectivity index (χ0v) is 15.9. The SMILES string of the molecule is CC(C(=O)Nc1cccc(NC(=O)c2ccc3ccccc3c2)c1)n1cccn1. The van der Waals surface area contributed by atoms with Crippen LogP contribution in [0.5, 0.6) is 0 Å². The van der Waals surface area contributed by atoms with Gasteiger partial charge in [-0.1, -0.05) is 36.4 Å². The van der Waals surface area contributed by atoms with Crippen molar-refractivity contribution in [2.75, 3.05) is 10.6 Å². The first-order chi connectivity index (χ1) is 14.1. The molecule has 0 saturated carbocycles. The van der Waals surface area contributed by atoms with Crippen LogP contribution in [0.1, 0.15) is 23.3 Å². The number of carbonyl (C=O) groups excluding carboxylic acids is 2. The van der Waals surface area contributed by atoms with Crippen molar-refractivity contribution in [3.63, 3.8) is 0 Å². The summed E-state index contributed by atoms with van der Waals surface area (Å²) in [5, 5.41) is 11.9. The molecule has 0 aliphatic heterocycles. The van der Waals surface area contributed by atoms with E-state index in [0.717, 1.165) is 10.8 Å². The van der Waals surface area contributed by atoms with E-state index in [2.05, 4.69) is 15.7 Å². The van der Waals surface area contributed by atoms with Crippen molar-refractivity contribution < 1.29 is 9.59 Å². The Balaban J connectivity index is 1.46. The van der Waals surface area contributed by atoms with Gasteiger partial charge in [-0.15, -0.1) is 0 Å². The molecule has 0 spiro atoms. The molecule has 4 rings (SSSR count). The highest BCUT2D eigenvalue weighted by atomic mass is 16.2. The minimum atomic E-state index is -0.444. The average molecular weight is 384 g/mol. The van der Waals surface area contributed by atoms with E-state index in [0.29, 0.717) is 16.9 Å². The molecule has 6 nitrogen and oxygen atoms in total. The minimum absolute atomic E-state index is 0.188. The number of hydrogen-bond acceptors (Lipinski definition) is 3. The van der Waals surface area contributed by atoms with Gasteiger partial charge in [0, 0.05) is 29.3 Å². The van der Waals surface area contributed by atoms with E-state index in [1.807, 2.05) is 36.4 Å². The Morgan fingerprint density at radius 2 is 1.62 bits per heavy atom. The fraction of sp³-hybridized carbons (Fsp3) is 0.0870. The van der Waals surface area contributed by atoms with Crippen LogP contribution in [0, 0.1) is 0 Å². The zero-order valence-electron chi connectivity index (χ0n) is 15.9. The number of carbonyl (C=O) groups is 2. The van der Waals surface area contributed by atoms with E-state index in [1.165, 1.54) is 0 Å². The molecule has 6 heteroatoms.